The van der Waals surface area contributed by atoms with Gasteiger partial charge in [-0.15, -0.1) is 0 Å². The third-order valence-electron chi connectivity index (χ3n) is 4.14. The molecule has 3 N–H and O–H groups in total. The molecule has 1 atom stereocenters. The van der Waals surface area contributed by atoms with Crippen molar-refractivity contribution in [1.29, 1.82) is 0 Å². The molecule has 0 saturated carbocycles. The van der Waals surface area contributed by atoms with Crippen LogP contribution in [0.25, 0.3) is 0 Å². The predicted molar refractivity (Wildman–Crippen MR) is 96.9 cm³/mol. The van der Waals surface area contributed by atoms with Gasteiger partial charge in [0, 0.05) is 18.8 Å². The number of carbonyl (C=O) groups is 1. The highest BCUT2D eigenvalue weighted by Crippen LogP contribution is 2.32. The Labute approximate surface area is 155 Å². The largest absolute Gasteiger partial charge is 0.369 e. The van der Waals surface area contributed by atoms with E-state index in [1.807, 2.05) is 0 Å². The molecule has 142 valence electrons. The fraction of sp³-hybridized carbons (Fsp3) is 0.250. The minimum atomic E-state index is -3.63. The van der Waals surface area contributed by atoms with Gasteiger partial charge in [-0.3, -0.25) is 9.78 Å². The molecule has 0 spiro atoms. The summed E-state index contributed by atoms with van der Waals surface area (Å²) in [4.78, 5) is 24.3. The van der Waals surface area contributed by atoms with Crippen LogP contribution in [0.5, 0.6) is 0 Å². The molecule has 1 unspecified atom stereocenters. The Morgan fingerprint density at radius 1 is 1.33 bits per heavy atom. The number of nitrogens with two attached hydrogens (primary N) is 1. The first-order chi connectivity index (χ1) is 12.6. The first-order valence-electron chi connectivity index (χ1n) is 7.81. The van der Waals surface area contributed by atoms with Crippen molar-refractivity contribution in [3.05, 3.63) is 53.9 Å². The molecular weight excluding hydrogens is 375 g/mol. The average molecular weight is 392 g/mol. The lowest BCUT2D eigenvalue weighted by molar-refractivity contribution is 0.102. The van der Waals surface area contributed by atoms with Crippen LogP contribution in [0.15, 0.2) is 41.8 Å². The highest BCUT2D eigenvalue weighted by atomic mass is 32.2. The van der Waals surface area contributed by atoms with Crippen LogP contribution in [0.3, 0.4) is 0 Å². The van der Waals surface area contributed by atoms with Crippen molar-refractivity contribution >= 4 is 27.6 Å². The number of hydrogen-bond donors (Lipinski definition) is 2. The van der Waals surface area contributed by atoms with Crippen LogP contribution in [0.1, 0.15) is 23.0 Å². The number of sulfonamides is 1. The molecule has 1 aliphatic heterocycles. The molecule has 0 fully saturated rings. The molecule has 3 heterocycles. The normalized spacial score (nSPS) is 21.4. The molecular formula is C16H17FN6O3S. The monoisotopic (exact) mass is 392 g/mol. The van der Waals surface area contributed by atoms with Gasteiger partial charge >= 0.3 is 0 Å². The van der Waals surface area contributed by atoms with E-state index in [9.17, 15) is 17.6 Å². The first-order valence-corrected chi connectivity index (χ1v) is 9.42. The zero-order valence-corrected chi connectivity index (χ0v) is 15.4. The molecule has 0 aliphatic carbocycles. The summed E-state index contributed by atoms with van der Waals surface area (Å²) in [5.74, 6) is -1.54. The molecule has 0 aromatic carbocycles. The van der Waals surface area contributed by atoms with E-state index in [1.54, 1.807) is 13.0 Å². The fourth-order valence-electron chi connectivity index (χ4n) is 2.61. The topological polar surface area (TPSA) is 131 Å². The number of guanidine groups is 1. The molecule has 2 aromatic rings. The van der Waals surface area contributed by atoms with Gasteiger partial charge in [0.15, 0.2) is 0 Å². The number of hydrogen-bond acceptors (Lipinski definition) is 7. The Balaban J connectivity index is 1.89. The van der Waals surface area contributed by atoms with E-state index in [1.165, 1.54) is 25.5 Å². The molecule has 0 bridgehead atoms. The van der Waals surface area contributed by atoms with Gasteiger partial charge < -0.3 is 11.1 Å². The standard InChI is InChI=1S/C16H17FN6O3S/c1-16(9-27(25,26)23(2)15(18)22-16)10-5-12(8-19-6-10)21-14(24)13-4-3-11(17)7-20-13/h3-8H,9H2,1-2H3,(H2,18,22)(H,21,24). The lowest BCUT2D eigenvalue weighted by Crippen LogP contribution is -2.50. The Hall–Kier alpha value is -3.08. The van der Waals surface area contributed by atoms with Crippen LogP contribution in [0.2, 0.25) is 0 Å². The van der Waals surface area contributed by atoms with E-state index in [0.29, 0.717) is 11.3 Å². The number of nitrogens with one attached hydrogen (secondary N) is 1. The molecule has 0 radical (unpaired) electrons. The zero-order chi connectivity index (χ0) is 19.8. The number of rotatable bonds is 3. The predicted octanol–water partition coefficient (Wildman–Crippen LogP) is 0.673. The summed E-state index contributed by atoms with van der Waals surface area (Å²) in [5, 5.41) is 2.59. The SMILES string of the molecule is CN1C(N)=NC(C)(c2cncc(NC(=O)c3ccc(F)cn3)c2)CS1(=O)=O. The number of aromatic nitrogens is 2. The van der Waals surface area contributed by atoms with Crippen molar-refractivity contribution < 1.29 is 17.6 Å². The van der Waals surface area contributed by atoms with E-state index in [2.05, 4.69) is 20.3 Å². The van der Waals surface area contributed by atoms with Crippen LogP contribution >= 0.6 is 0 Å². The number of nitrogens with zero attached hydrogens (tertiary/aromatic N) is 4. The number of aliphatic imine (C=N–C) groups is 1. The summed E-state index contributed by atoms with van der Waals surface area (Å²) in [5.41, 5.74) is 5.39. The lowest BCUT2D eigenvalue weighted by atomic mass is 9.96. The molecule has 2 aromatic heterocycles. The van der Waals surface area contributed by atoms with Gasteiger partial charge in [-0.05, 0) is 25.1 Å². The van der Waals surface area contributed by atoms with Gasteiger partial charge in [-0.2, -0.15) is 0 Å². The number of anilines is 1. The summed E-state index contributed by atoms with van der Waals surface area (Å²) in [6.07, 6.45) is 3.79. The second-order valence-electron chi connectivity index (χ2n) is 6.25. The highest BCUT2D eigenvalue weighted by Gasteiger charge is 2.40. The van der Waals surface area contributed by atoms with Gasteiger partial charge in [0.2, 0.25) is 16.0 Å². The minimum Gasteiger partial charge on any atom is -0.369 e. The second-order valence-corrected chi connectivity index (χ2v) is 8.25. The zero-order valence-electron chi connectivity index (χ0n) is 14.5. The summed E-state index contributed by atoms with van der Waals surface area (Å²) in [7, 11) is -2.30. The van der Waals surface area contributed by atoms with Crippen LogP contribution in [-0.2, 0) is 15.6 Å². The summed E-state index contributed by atoms with van der Waals surface area (Å²) < 4.78 is 38.4. The van der Waals surface area contributed by atoms with Gasteiger partial charge in [-0.25, -0.2) is 27.1 Å². The Morgan fingerprint density at radius 2 is 2.07 bits per heavy atom. The van der Waals surface area contributed by atoms with Crippen molar-refractivity contribution in [2.45, 2.75) is 12.5 Å². The van der Waals surface area contributed by atoms with Crippen LogP contribution < -0.4 is 11.1 Å². The molecule has 3 rings (SSSR count). The maximum absolute atomic E-state index is 12.9. The van der Waals surface area contributed by atoms with Gasteiger partial charge in [0.05, 0.1) is 23.8 Å². The van der Waals surface area contributed by atoms with E-state index >= 15 is 0 Å². The Bertz CT molecular complexity index is 1020. The fourth-order valence-corrected chi connectivity index (χ4v) is 4.07. The summed E-state index contributed by atoms with van der Waals surface area (Å²) in [6.45, 7) is 1.62. The van der Waals surface area contributed by atoms with Crippen molar-refractivity contribution in [1.82, 2.24) is 14.3 Å². The number of amides is 1. The smallest absolute Gasteiger partial charge is 0.274 e. The van der Waals surface area contributed by atoms with E-state index in [-0.39, 0.29) is 17.4 Å². The third-order valence-corrected chi connectivity index (χ3v) is 6.09. The van der Waals surface area contributed by atoms with Crippen molar-refractivity contribution in [2.24, 2.45) is 10.7 Å². The van der Waals surface area contributed by atoms with E-state index in [4.69, 9.17) is 5.73 Å². The number of carbonyl (C=O) groups excluding carboxylic acids is 1. The van der Waals surface area contributed by atoms with E-state index < -0.39 is 27.3 Å². The van der Waals surface area contributed by atoms with E-state index in [0.717, 1.165) is 16.6 Å². The molecule has 9 nitrogen and oxygen atoms in total. The summed E-state index contributed by atoms with van der Waals surface area (Å²) in [6, 6.07) is 3.93. The highest BCUT2D eigenvalue weighted by molar-refractivity contribution is 7.89. The van der Waals surface area contributed by atoms with Crippen LogP contribution in [0, 0.1) is 5.82 Å². The Morgan fingerprint density at radius 3 is 2.70 bits per heavy atom. The number of pyridine rings is 2. The maximum atomic E-state index is 12.9. The molecule has 1 aliphatic rings. The molecule has 1 amide bonds. The van der Waals surface area contributed by atoms with Crippen molar-refractivity contribution in [3.8, 4) is 0 Å². The van der Waals surface area contributed by atoms with Gasteiger partial charge in [0.25, 0.3) is 5.91 Å². The van der Waals surface area contributed by atoms with Crippen molar-refractivity contribution in [2.75, 3.05) is 18.1 Å². The van der Waals surface area contributed by atoms with Crippen LogP contribution in [0.4, 0.5) is 10.1 Å². The van der Waals surface area contributed by atoms with Crippen molar-refractivity contribution in [3.63, 3.8) is 0 Å². The lowest BCUT2D eigenvalue weighted by Gasteiger charge is -2.34. The number of halogens is 1. The Kier molecular flexibility index (Phi) is 4.56. The first kappa shape index (κ1) is 18.7. The maximum Gasteiger partial charge on any atom is 0.274 e. The molecule has 11 heteroatoms. The minimum absolute atomic E-state index is 0.0251. The second kappa shape index (κ2) is 6.58. The summed E-state index contributed by atoms with van der Waals surface area (Å²) >= 11 is 0. The molecule has 27 heavy (non-hydrogen) atoms. The third kappa shape index (κ3) is 3.72. The quantitative estimate of drug-likeness (QED) is 0.790. The van der Waals surface area contributed by atoms with Gasteiger partial charge in [0.1, 0.15) is 17.1 Å². The molecule has 0 saturated heterocycles. The van der Waals surface area contributed by atoms with Crippen LogP contribution in [-0.4, -0.2) is 47.4 Å². The van der Waals surface area contributed by atoms with Gasteiger partial charge in [-0.1, -0.05) is 0 Å². The average Bonchev–Trinajstić information content (AvgIpc) is 2.60.